The second kappa shape index (κ2) is 5.75. The van der Waals surface area contributed by atoms with E-state index in [2.05, 4.69) is 25.9 Å². The zero-order valence-electron chi connectivity index (χ0n) is 11.0. The normalized spacial score (nSPS) is 12.5. The van der Waals surface area contributed by atoms with Gasteiger partial charge >= 0.3 is 0 Å². The molecule has 3 aromatic rings. The van der Waals surface area contributed by atoms with Crippen LogP contribution in [0.3, 0.4) is 0 Å². The average Bonchev–Trinajstić information content (AvgIpc) is 2.51. The van der Waals surface area contributed by atoms with Crippen molar-refractivity contribution >= 4 is 26.8 Å². The molecule has 0 radical (unpaired) electrons. The molecule has 1 unspecified atom stereocenters. The van der Waals surface area contributed by atoms with Crippen molar-refractivity contribution in [2.45, 2.75) is 12.6 Å². The fourth-order valence-electron chi connectivity index (χ4n) is 2.17. The molecule has 0 saturated carbocycles. The van der Waals surface area contributed by atoms with Crippen LogP contribution in [-0.2, 0) is 6.54 Å². The molecule has 3 rings (SSSR count). The first-order chi connectivity index (χ1) is 10.2. The van der Waals surface area contributed by atoms with Crippen molar-refractivity contribution in [2.75, 3.05) is 0 Å². The highest BCUT2D eigenvalue weighted by Crippen LogP contribution is 2.23. The summed E-state index contributed by atoms with van der Waals surface area (Å²) >= 11 is 3.40. The predicted molar refractivity (Wildman–Crippen MR) is 82.9 cm³/mol. The highest BCUT2D eigenvalue weighted by Gasteiger charge is 2.13. The standard InChI is InChI=1S/C15H12BrN3O2/c16-12-4-2-1-3-10(12)14(20)8-19-9-18-13-7-17-6-5-11(13)15(19)21/h1-7,9,14,20H,8H2. The summed E-state index contributed by atoms with van der Waals surface area (Å²) < 4.78 is 2.22. The zero-order chi connectivity index (χ0) is 14.8. The summed E-state index contributed by atoms with van der Waals surface area (Å²) in [6.45, 7) is 0.146. The minimum atomic E-state index is -0.792. The molecule has 1 aromatic carbocycles. The maximum absolute atomic E-state index is 12.4. The Hall–Kier alpha value is -2.05. The molecule has 0 saturated heterocycles. The minimum absolute atomic E-state index is 0.146. The van der Waals surface area contributed by atoms with Gasteiger partial charge in [0.25, 0.3) is 5.56 Å². The van der Waals surface area contributed by atoms with E-state index in [0.717, 1.165) is 10.0 Å². The van der Waals surface area contributed by atoms with Crippen molar-refractivity contribution in [2.24, 2.45) is 0 Å². The maximum Gasteiger partial charge on any atom is 0.261 e. The summed E-state index contributed by atoms with van der Waals surface area (Å²) in [6, 6.07) is 9.02. The summed E-state index contributed by atoms with van der Waals surface area (Å²) in [5.41, 5.74) is 1.10. The van der Waals surface area contributed by atoms with E-state index in [9.17, 15) is 9.90 Å². The van der Waals surface area contributed by atoms with E-state index < -0.39 is 6.10 Å². The lowest BCUT2D eigenvalue weighted by molar-refractivity contribution is 0.154. The maximum atomic E-state index is 12.4. The van der Waals surface area contributed by atoms with Gasteiger partial charge in [-0.05, 0) is 17.7 Å². The minimum Gasteiger partial charge on any atom is -0.386 e. The number of hydrogen-bond acceptors (Lipinski definition) is 4. The van der Waals surface area contributed by atoms with Gasteiger partial charge in [-0.2, -0.15) is 0 Å². The van der Waals surface area contributed by atoms with E-state index in [0.29, 0.717) is 10.9 Å². The lowest BCUT2D eigenvalue weighted by atomic mass is 10.1. The molecule has 2 aromatic heterocycles. The van der Waals surface area contributed by atoms with Crippen molar-refractivity contribution in [3.8, 4) is 0 Å². The zero-order valence-corrected chi connectivity index (χ0v) is 12.6. The summed E-state index contributed by atoms with van der Waals surface area (Å²) in [5, 5.41) is 10.8. The topological polar surface area (TPSA) is 68.0 Å². The highest BCUT2D eigenvalue weighted by atomic mass is 79.9. The van der Waals surface area contributed by atoms with Gasteiger partial charge in [0.1, 0.15) is 0 Å². The Bertz CT molecular complexity index is 847. The van der Waals surface area contributed by atoms with Gasteiger partial charge in [0.05, 0.1) is 36.1 Å². The summed E-state index contributed by atoms with van der Waals surface area (Å²) in [4.78, 5) is 20.5. The second-order valence-corrected chi connectivity index (χ2v) is 5.49. The molecule has 6 heteroatoms. The molecule has 0 aliphatic carbocycles. The number of hydrogen-bond donors (Lipinski definition) is 1. The smallest absolute Gasteiger partial charge is 0.261 e. The van der Waals surface area contributed by atoms with E-state index >= 15 is 0 Å². The molecular formula is C15H12BrN3O2. The molecule has 0 aliphatic heterocycles. The van der Waals surface area contributed by atoms with Crippen molar-refractivity contribution in [3.05, 3.63) is 69.4 Å². The van der Waals surface area contributed by atoms with Crippen molar-refractivity contribution in [3.63, 3.8) is 0 Å². The molecule has 1 atom stereocenters. The van der Waals surface area contributed by atoms with Crippen LogP contribution in [0, 0.1) is 0 Å². The Labute approximate surface area is 129 Å². The third-order valence-electron chi connectivity index (χ3n) is 3.26. The van der Waals surface area contributed by atoms with E-state index in [1.165, 1.54) is 10.9 Å². The highest BCUT2D eigenvalue weighted by molar-refractivity contribution is 9.10. The van der Waals surface area contributed by atoms with Crippen LogP contribution in [0.15, 0.2) is 58.3 Å². The van der Waals surface area contributed by atoms with Crippen LogP contribution in [0.4, 0.5) is 0 Å². The fourth-order valence-corrected chi connectivity index (χ4v) is 2.72. The SMILES string of the molecule is O=c1c2ccncc2ncn1CC(O)c1ccccc1Br. The quantitative estimate of drug-likeness (QED) is 0.790. The van der Waals surface area contributed by atoms with Gasteiger partial charge in [-0.3, -0.25) is 14.3 Å². The van der Waals surface area contributed by atoms with E-state index in [-0.39, 0.29) is 12.1 Å². The van der Waals surface area contributed by atoms with Crippen LogP contribution in [0.2, 0.25) is 0 Å². The van der Waals surface area contributed by atoms with E-state index in [1.54, 1.807) is 18.5 Å². The third-order valence-corrected chi connectivity index (χ3v) is 3.98. The van der Waals surface area contributed by atoms with Crippen LogP contribution >= 0.6 is 15.9 Å². The number of nitrogens with zero attached hydrogens (tertiary/aromatic N) is 3. The Morgan fingerprint density at radius 2 is 2.10 bits per heavy atom. The summed E-state index contributed by atoms with van der Waals surface area (Å²) in [6.07, 6.45) is 3.75. The van der Waals surface area contributed by atoms with Gasteiger partial charge in [0.2, 0.25) is 0 Å². The number of benzene rings is 1. The number of halogens is 1. The van der Waals surface area contributed by atoms with Crippen molar-refractivity contribution in [1.29, 1.82) is 0 Å². The molecule has 106 valence electrons. The number of aliphatic hydroxyl groups excluding tert-OH is 1. The lowest BCUT2D eigenvalue weighted by Crippen LogP contribution is -2.24. The van der Waals surface area contributed by atoms with Gasteiger partial charge in [0, 0.05) is 10.7 Å². The number of aromatic nitrogens is 3. The van der Waals surface area contributed by atoms with Crippen molar-refractivity contribution in [1.82, 2.24) is 14.5 Å². The molecule has 2 heterocycles. The molecule has 1 N–H and O–H groups in total. The van der Waals surface area contributed by atoms with E-state index in [1.807, 2.05) is 24.3 Å². The monoisotopic (exact) mass is 345 g/mol. The van der Waals surface area contributed by atoms with Gasteiger partial charge in [-0.1, -0.05) is 34.1 Å². The van der Waals surface area contributed by atoms with Gasteiger partial charge in [-0.25, -0.2) is 4.98 Å². The van der Waals surface area contributed by atoms with Gasteiger partial charge in [-0.15, -0.1) is 0 Å². The molecule has 21 heavy (non-hydrogen) atoms. The molecule has 0 bridgehead atoms. The Balaban J connectivity index is 1.97. The third kappa shape index (κ3) is 2.72. The molecule has 0 spiro atoms. The Kier molecular flexibility index (Phi) is 3.81. The Morgan fingerprint density at radius 3 is 2.90 bits per heavy atom. The number of fused-ring (bicyclic) bond motifs is 1. The average molecular weight is 346 g/mol. The predicted octanol–water partition coefficient (Wildman–Crippen LogP) is 2.29. The molecule has 0 fully saturated rings. The van der Waals surface area contributed by atoms with Crippen LogP contribution in [0.5, 0.6) is 0 Å². The largest absolute Gasteiger partial charge is 0.386 e. The molecule has 0 amide bonds. The molecular weight excluding hydrogens is 334 g/mol. The lowest BCUT2D eigenvalue weighted by Gasteiger charge is -2.14. The van der Waals surface area contributed by atoms with Crippen molar-refractivity contribution < 1.29 is 5.11 Å². The number of rotatable bonds is 3. The number of pyridine rings is 1. The summed E-state index contributed by atoms with van der Waals surface area (Å²) in [7, 11) is 0. The van der Waals surface area contributed by atoms with Gasteiger partial charge < -0.3 is 5.11 Å². The van der Waals surface area contributed by atoms with Crippen LogP contribution < -0.4 is 5.56 Å². The van der Waals surface area contributed by atoms with Crippen LogP contribution in [-0.4, -0.2) is 19.6 Å². The van der Waals surface area contributed by atoms with Gasteiger partial charge in [0.15, 0.2) is 0 Å². The second-order valence-electron chi connectivity index (χ2n) is 4.63. The molecule has 5 nitrogen and oxygen atoms in total. The fraction of sp³-hybridized carbons (Fsp3) is 0.133. The first kappa shape index (κ1) is 13.9. The van der Waals surface area contributed by atoms with Crippen LogP contribution in [0.1, 0.15) is 11.7 Å². The first-order valence-electron chi connectivity index (χ1n) is 6.38. The summed E-state index contributed by atoms with van der Waals surface area (Å²) in [5.74, 6) is 0. The molecule has 0 aliphatic rings. The van der Waals surface area contributed by atoms with E-state index in [4.69, 9.17) is 0 Å². The Morgan fingerprint density at radius 1 is 1.29 bits per heavy atom. The van der Waals surface area contributed by atoms with Crippen LogP contribution in [0.25, 0.3) is 10.9 Å². The first-order valence-corrected chi connectivity index (χ1v) is 7.18. The number of aliphatic hydroxyl groups is 1.